The normalized spacial score (nSPS) is 17.2. The van der Waals surface area contributed by atoms with Crippen molar-refractivity contribution < 1.29 is 14.3 Å². The van der Waals surface area contributed by atoms with E-state index in [0.717, 1.165) is 42.9 Å². The van der Waals surface area contributed by atoms with E-state index in [9.17, 15) is 4.79 Å². The van der Waals surface area contributed by atoms with E-state index in [4.69, 9.17) is 9.47 Å². The van der Waals surface area contributed by atoms with Crippen LogP contribution in [0.3, 0.4) is 0 Å². The number of fused-ring (bicyclic) bond motifs is 1. The summed E-state index contributed by atoms with van der Waals surface area (Å²) in [7, 11) is 3.19. The first-order valence-corrected chi connectivity index (χ1v) is 11.5. The van der Waals surface area contributed by atoms with Gasteiger partial charge in [-0.25, -0.2) is 0 Å². The van der Waals surface area contributed by atoms with Crippen molar-refractivity contribution in [2.45, 2.75) is 32.1 Å². The minimum absolute atomic E-state index is 0.0895. The summed E-state index contributed by atoms with van der Waals surface area (Å²) in [4.78, 5) is 15.0. The third-order valence-corrected chi connectivity index (χ3v) is 6.25. The standard InChI is InChI=1S/C26H33N3O3/c1-31-24-17-22-21(26(30)28-23(22)18-25(24)32-2)7-6-13-27-20-10-8-19(9-11-20)12-16-29-14-4-3-5-15-29/h7-11,17-18,27H,3-6,12-16H2,1-2H3,(H,28,30). The number of rotatable bonds is 9. The third kappa shape index (κ3) is 5.25. The molecule has 2 aromatic carbocycles. The van der Waals surface area contributed by atoms with Gasteiger partial charge in [0.2, 0.25) is 0 Å². The van der Waals surface area contributed by atoms with Crippen molar-refractivity contribution in [1.82, 2.24) is 4.90 Å². The lowest BCUT2D eigenvalue weighted by molar-refractivity contribution is -0.110. The molecule has 2 heterocycles. The number of carbonyl (C=O) groups is 1. The Morgan fingerprint density at radius 2 is 1.75 bits per heavy atom. The number of hydrogen-bond donors (Lipinski definition) is 2. The molecule has 0 spiro atoms. The molecule has 0 saturated carbocycles. The van der Waals surface area contributed by atoms with Crippen LogP contribution in [0.4, 0.5) is 11.4 Å². The Kier molecular flexibility index (Phi) is 7.32. The first-order valence-electron chi connectivity index (χ1n) is 11.5. The predicted octanol–water partition coefficient (Wildman–Crippen LogP) is 4.57. The number of ether oxygens (including phenoxy) is 2. The van der Waals surface area contributed by atoms with E-state index in [1.54, 1.807) is 20.3 Å². The van der Waals surface area contributed by atoms with Crippen LogP contribution in [0, 0.1) is 0 Å². The molecule has 32 heavy (non-hydrogen) atoms. The molecule has 6 heteroatoms. The van der Waals surface area contributed by atoms with Crippen molar-refractivity contribution in [1.29, 1.82) is 0 Å². The first kappa shape index (κ1) is 22.2. The van der Waals surface area contributed by atoms with E-state index >= 15 is 0 Å². The Morgan fingerprint density at radius 1 is 1.03 bits per heavy atom. The maximum absolute atomic E-state index is 12.4. The van der Waals surface area contributed by atoms with E-state index < -0.39 is 0 Å². The van der Waals surface area contributed by atoms with Crippen molar-refractivity contribution in [3.63, 3.8) is 0 Å². The average molecular weight is 436 g/mol. The Balaban J connectivity index is 1.29. The number of piperidine rings is 1. The van der Waals surface area contributed by atoms with Crippen LogP contribution in [-0.2, 0) is 11.2 Å². The molecular formula is C26H33N3O3. The Morgan fingerprint density at radius 3 is 2.47 bits per heavy atom. The van der Waals surface area contributed by atoms with Gasteiger partial charge in [0.25, 0.3) is 5.91 Å². The maximum Gasteiger partial charge on any atom is 0.256 e. The van der Waals surface area contributed by atoms with Crippen molar-refractivity contribution in [2.24, 2.45) is 0 Å². The van der Waals surface area contributed by atoms with Gasteiger partial charge < -0.3 is 25.0 Å². The third-order valence-electron chi connectivity index (χ3n) is 6.25. The highest BCUT2D eigenvalue weighted by Crippen LogP contribution is 2.40. The largest absolute Gasteiger partial charge is 0.493 e. The summed E-state index contributed by atoms with van der Waals surface area (Å²) in [5.74, 6) is 1.13. The molecule has 0 bridgehead atoms. The van der Waals surface area contributed by atoms with Crippen LogP contribution < -0.4 is 20.1 Å². The molecule has 1 saturated heterocycles. The molecule has 0 unspecified atom stereocenters. The number of methoxy groups -OCH3 is 2. The smallest absolute Gasteiger partial charge is 0.256 e. The lowest BCUT2D eigenvalue weighted by Gasteiger charge is -2.26. The SMILES string of the molecule is COc1cc2c(cc1OC)C(=CCCNc1ccc(CCN3CCCCC3)cc1)C(=O)N2. The van der Waals surface area contributed by atoms with E-state index in [0.29, 0.717) is 17.1 Å². The highest BCUT2D eigenvalue weighted by atomic mass is 16.5. The summed E-state index contributed by atoms with van der Waals surface area (Å²) in [6.45, 7) is 4.41. The molecule has 0 aromatic heterocycles. The van der Waals surface area contributed by atoms with Gasteiger partial charge in [0.1, 0.15) is 0 Å². The molecular weight excluding hydrogens is 402 g/mol. The quantitative estimate of drug-likeness (QED) is 0.446. The number of carbonyl (C=O) groups excluding carboxylic acids is 1. The average Bonchev–Trinajstić information content (AvgIpc) is 3.14. The predicted molar refractivity (Wildman–Crippen MR) is 130 cm³/mol. The number of likely N-dealkylation sites (tertiary alicyclic amines) is 1. The zero-order valence-electron chi connectivity index (χ0n) is 19.1. The Bertz CT molecular complexity index is 963. The summed E-state index contributed by atoms with van der Waals surface area (Å²) >= 11 is 0. The summed E-state index contributed by atoms with van der Waals surface area (Å²) in [6, 6.07) is 12.4. The van der Waals surface area contributed by atoms with Gasteiger partial charge in [-0.1, -0.05) is 24.6 Å². The molecule has 1 amide bonds. The lowest BCUT2D eigenvalue weighted by Crippen LogP contribution is -2.31. The van der Waals surface area contributed by atoms with Crippen LogP contribution in [-0.4, -0.2) is 51.2 Å². The molecule has 0 aliphatic carbocycles. The van der Waals surface area contributed by atoms with E-state index in [-0.39, 0.29) is 5.91 Å². The molecule has 0 radical (unpaired) electrons. The highest BCUT2D eigenvalue weighted by Gasteiger charge is 2.26. The van der Waals surface area contributed by atoms with Crippen molar-refractivity contribution in [2.75, 3.05) is 51.0 Å². The van der Waals surface area contributed by atoms with Crippen LogP contribution >= 0.6 is 0 Å². The number of nitrogens with one attached hydrogen (secondary N) is 2. The topological polar surface area (TPSA) is 62.8 Å². The molecule has 0 atom stereocenters. The minimum atomic E-state index is -0.0895. The van der Waals surface area contributed by atoms with E-state index in [1.165, 1.54) is 37.9 Å². The van der Waals surface area contributed by atoms with Gasteiger partial charge in [0, 0.05) is 36.0 Å². The van der Waals surface area contributed by atoms with Gasteiger partial charge in [-0.15, -0.1) is 0 Å². The number of nitrogens with zero attached hydrogens (tertiary/aromatic N) is 1. The van der Waals surface area contributed by atoms with E-state index in [1.807, 2.05) is 12.1 Å². The van der Waals surface area contributed by atoms with Crippen LogP contribution in [0.25, 0.3) is 5.57 Å². The molecule has 4 rings (SSSR count). The van der Waals surface area contributed by atoms with Gasteiger partial charge >= 0.3 is 0 Å². The number of amides is 1. The summed E-state index contributed by atoms with van der Waals surface area (Å²) in [5.41, 5.74) is 4.77. The van der Waals surface area contributed by atoms with Gasteiger partial charge in [-0.2, -0.15) is 0 Å². The van der Waals surface area contributed by atoms with Crippen LogP contribution in [0.2, 0.25) is 0 Å². The lowest BCUT2D eigenvalue weighted by atomic mass is 10.1. The van der Waals surface area contributed by atoms with Gasteiger partial charge in [0.15, 0.2) is 11.5 Å². The van der Waals surface area contributed by atoms with Crippen molar-refractivity contribution in [3.05, 3.63) is 53.6 Å². The number of hydrogen-bond acceptors (Lipinski definition) is 5. The zero-order chi connectivity index (χ0) is 22.3. The molecule has 2 aliphatic heterocycles. The fourth-order valence-corrected chi connectivity index (χ4v) is 4.41. The van der Waals surface area contributed by atoms with E-state index in [2.05, 4.69) is 39.8 Å². The number of benzene rings is 2. The summed E-state index contributed by atoms with van der Waals surface area (Å²) < 4.78 is 10.7. The molecule has 170 valence electrons. The van der Waals surface area contributed by atoms with Crippen molar-refractivity contribution in [3.8, 4) is 11.5 Å². The second-order valence-corrected chi connectivity index (χ2v) is 8.39. The molecule has 2 aromatic rings. The molecule has 1 fully saturated rings. The fraction of sp³-hybridized carbons (Fsp3) is 0.423. The van der Waals surface area contributed by atoms with Crippen LogP contribution in [0.15, 0.2) is 42.5 Å². The van der Waals surface area contributed by atoms with Gasteiger partial charge in [-0.3, -0.25) is 4.79 Å². The monoisotopic (exact) mass is 435 g/mol. The minimum Gasteiger partial charge on any atom is -0.493 e. The zero-order valence-corrected chi connectivity index (χ0v) is 19.1. The number of anilines is 2. The van der Waals surface area contributed by atoms with Gasteiger partial charge in [-0.05, 0) is 62.5 Å². The van der Waals surface area contributed by atoms with Crippen molar-refractivity contribution >= 4 is 22.9 Å². The van der Waals surface area contributed by atoms with Crippen LogP contribution in [0.1, 0.15) is 36.8 Å². The Labute approximate surface area is 190 Å². The maximum atomic E-state index is 12.4. The molecule has 2 aliphatic rings. The van der Waals surface area contributed by atoms with Crippen LogP contribution in [0.5, 0.6) is 11.5 Å². The molecule has 2 N–H and O–H groups in total. The fourth-order valence-electron chi connectivity index (χ4n) is 4.41. The second-order valence-electron chi connectivity index (χ2n) is 8.39. The second kappa shape index (κ2) is 10.6. The summed E-state index contributed by atoms with van der Waals surface area (Å²) in [5, 5.41) is 6.36. The Hall–Kier alpha value is -2.99. The highest BCUT2D eigenvalue weighted by molar-refractivity contribution is 6.31. The first-order chi connectivity index (χ1) is 15.7. The summed E-state index contributed by atoms with van der Waals surface area (Å²) in [6.07, 6.45) is 7.89. The molecule has 6 nitrogen and oxygen atoms in total. The van der Waals surface area contributed by atoms with Gasteiger partial charge in [0.05, 0.1) is 19.9 Å².